The van der Waals surface area contributed by atoms with Crippen LogP contribution in [0.25, 0.3) is 0 Å². The molecular weight excluding hydrogens is 437 g/mol. The zero-order valence-electron chi connectivity index (χ0n) is 16.5. The summed E-state index contributed by atoms with van der Waals surface area (Å²) in [5.41, 5.74) is 0.808. The lowest BCUT2D eigenvalue weighted by Gasteiger charge is -2.29. The van der Waals surface area contributed by atoms with Crippen LogP contribution >= 0.6 is 11.6 Å². The number of hydrogen-bond acceptors (Lipinski definition) is 7. The molecule has 8 nitrogen and oxygen atoms in total. The molecule has 31 heavy (non-hydrogen) atoms. The molecule has 0 aliphatic carbocycles. The summed E-state index contributed by atoms with van der Waals surface area (Å²) in [6, 6.07) is 0.921. The van der Waals surface area contributed by atoms with Gasteiger partial charge in [-0.2, -0.15) is 13.2 Å². The van der Waals surface area contributed by atoms with Crippen molar-refractivity contribution in [3.8, 4) is 5.75 Å². The van der Waals surface area contributed by atoms with Gasteiger partial charge in [0.05, 0.1) is 17.1 Å². The quantitative estimate of drug-likeness (QED) is 0.730. The van der Waals surface area contributed by atoms with Gasteiger partial charge in [-0.25, -0.2) is 15.0 Å². The van der Waals surface area contributed by atoms with E-state index in [4.69, 9.17) is 11.6 Å². The van der Waals surface area contributed by atoms with E-state index >= 15 is 0 Å². The van der Waals surface area contributed by atoms with E-state index in [1.54, 1.807) is 11.0 Å². The van der Waals surface area contributed by atoms with Crippen molar-refractivity contribution >= 4 is 29.1 Å². The molecule has 0 radical (unpaired) electrons. The third-order valence-electron chi connectivity index (χ3n) is 5.42. The summed E-state index contributed by atoms with van der Waals surface area (Å²) in [6.07, 6.45) is -0.768. The number of carbonyl (C=O) groups excluding carboxylic acids is 1. The molecule has 2 aliphatic rings. The lowest BCUT2D eigenvalue weighted by molar-refractivity contribution is -0.159. The van der Waals surface area contributed by atoms with E-state index in [1.807, 2.05) is 0 Å². The normalized spacial score (nSPS) is 20.5. The molecule has 1 fully saturated rings. The highest BCUT2D eigenvalue weighted by molar-refractivity contribution is 6.30. The maximum absolute atomic E-state index is 12.7. The SMILES string of the molecule is CN(CC(F)(F)F)C(=O)[C@H]1CCCN1c1nc(C2CNc3ncc(Cl)cc32)ncc1O. The number of rotatable bonds is 4. The minimum absolute atomic E-state index is 0.129. The van der Waals surface area contributed by atoms with Gasteiger partial charge < -0.3 is 20.2 Å². The second-order valence-corrected chi connectivity index (χ2v) is 8.06. The number of alkyl halides is 3. The lowest BCUT2D eigenvalue weighted by Crippen LogP contribution is -2.47. The molecule has 2 aromatic heterocycles. The van der Waals surface area contributed by atoms with Crippen molar-refractivity contribution in [2.24, 2.45) is 0 Å². The van der Waals surface area contributed by atoms with E-state index in [1.165, 1.54) is 12.4 Å². The average molecular weight is 457 g/mol. The smallest absolute Gasteiger partial charge is 0.406 e. The van der Waals surface area contributed by atoms with Crippen molar-refractivity contribution in [3.63, 3.8) is 0 Å². The second-order valence-electron chi connectivity index (χ2n) is 7.62. The summed E-state index contributed by atoms with van der Waals surface area (Å²) in [7, 11) is 1.12. The molecule has 2 aliphatic heterocycles. The molecule has 0 saturated carbocycles. The number of nitrogens with one attached hydrogen (secondary N) is 1. The highest BCUT2D eigenvalue weighted by Gasteiger charge is 2.39. The number of fused-ring (bicyclic) bond motifs is 1. The van der Waals surface area contributed by atoms with Gasteiger partial charge in [-0.15, -0.1) is 0 Å². The van der Waals surface area contributed by atoms with Gasteiger partial charge in [-0.1, -0.05) is 11.6 Å². The van der Waals surface area contributed by atoms with Crippen LogP contribution in [0.4, 0.5) is 24.8 Å². The van der Waals surface area contributed by atoms with E-state index in [-0.39, 0.29) is 17.5 Å². The Labute approximate surface area is 181 Å². The number of amides is 1. The van der Waals surface area contributed by atoms with E-state index < -0.39 is 24.7 Å². The summed E-state index contributed by atoms with van der Waals surface area (Å²) in [4.78, 5) is 27.9. The molecular formula is C19H20ClF3N6O2. The Bertz CT molecular complexity index is 1010. The van der Waals surface area contributed by atoms with Gasteiger partial charge >= 0.3 is 6.18 Å². The van der Waals surface area contributed by atoms with E-state index in [9.17, 15) is 23.1 Å². The number of pyridine rings is 1. The molecule has 2 atom stereocenters. The fraction of sp³-hybridized carbons (Fsp3) is 0.474. The minimum atomic E-state index is -4.49. The van der Waals surface area contributed by atoms with Crippen molar-refractivity contribution in [3.05, 3.63) is 34.9 Å². The first-order valence-electron chi connectivity index (χ1n) is 9.67. The number of anilines is 2. The van der Waals surface area contributed by atoms with Crippen LogP contribution in [0, 0.1) is 0 Å². The van der Waals surface area contributed by atoms with Crippen molar-refractivity contribution in [2.45, 2.75) is 31.0 Å². The van der Waals surface area contributed by atoms with Gasteiger partial charge in [0.15, 0.2) is 11.6 Å². The van der Waals surface area contributed by atoms with Crippen LogP contribution in [0.15, 0.2) is 18.5 Å². The second kappa shape index (κ2) is 8.03. The Morgan fingerprint density at radius 2 is 2.16 bits per heavy atom. The number of aromatic hydroxyl groups is 1. The van der Waals surface area contributed by atoms with E-state index in [0.29, 0.717) is 47.5 Å². The number of carbonyl (C=O) groups is 1. The predicted molar refractivity (Wildman–Crippen MR) is 107 cm³/mol. The summed E-state index contributed by atoms with van der Waals surface area (Å²) < 4.78 is 38.2. The fourth-order valence-electron chi connectivity index (χ4n) is 4.04. The standard InChI is InChI=1S/C19H20ClF3N6O2/c1-28(9-19(21,22)23)18(31)13-3-2-4-29(13)17-14(30)8-26-16(27-17)12-7-25-15-11(12)5-10(20)6-24-15/h5-6,8,12-13,30H,2-4,7,9H2,1H3,(H,24,25)/t12?,13-/m1/s1. The minimum Gasteiger partial charge on any atom is -0.503 e. The Hall–Kier alpha value is -2.82. The highest BCUT2D eigenvalue weighted by atomic mass is 35.5. The number of aromatic nitrogens is 3. The van der Waals surface area contributed by atoms with Crippen LogP contribution in [0.2, 0.25) is 5.02 Å². The third kappa shape index (κ3) is 4.32. The zero-order chi connectivity index (χ0) is 22.3. The van der Waals surface area contributed by atoms with Gasteiger partial charge in [0.25, 0.3) is 0 Å². The summed E-state index contributed by atoms with van der Waals surface area (Å²) in [6.45, 7) is -0.480. The van der Waals surface area contributed by atoms with Crippen LogP contribution < -0.4 is 10.2 Å². The van der Waals surface area contributed by atoms with Crippen LogP contribution in [0.3, 0.4) is 0 Å². The van der Waals surface area contributed by atoms with Crippen molar-refractivity contribution in [1.29, 1.82) is 0 Å². The molecule has 1 saturated heterocycles. The molecule has 4 rings (SSSR count). The lowest BCUT2D eigenvalue weighted by atomic mass is 10.0. The Kier molecular flexibility index (Phi) is 5.54. The zero-order valence-corrected chi connectivity index (χ0v) is 17.3. The maximum atomic E-state index is 12.7. The molecule has 0 aromatic carbocycles. The molecule has 2 N–H and O–H groups in total. The number of nitrogens with zero attached hydrogens (tertiary/aromatic N) is 5. The molecule has 1 amide bonds. The third-order valence-corrected chi connectivity index (χ3v) is 5.62. The summed E-state index contributed by atoms with van der Waals surface area (Å²) >= 11 is 6.06. The first kappa shape index (κ1) is 21.4. The van der Waals surface area contributed by atoms with Crippen LogP contribution in [0.5, 0.6) is 5.75 Å². The van der Waals surface area contributed by atoms with Crippen LogP contribution in [-0.2, 0) is 4.79 Å². The topological polar surface area (TPSA) is 94.5 Å². The summed E-state index contributed by atoms with van der Waals surface area (Å²) in [5.74, 6) is 0.00552. The predicted octanol–water partition coefficient (Wildman–Crippen LogP) is 2.78. The van der Waals surface area contributed by atoms with Gasteiger partial charge in [-0.3, -0.25) is 4.79 Å². The van der Waals surface area contributed by atoms with Crippen LogP contribution in [-0.4, -0.2) is 69.8 Å². The number of likely N-dealkylation sites (N-methyl/N-ethyl adjacent to an activating group) is 1. The first-order chi connectivity index (χ1) is 14.6. The van der Waals surface area contributed by atoms with Gasteiger partial charge in [0, 0.05) is 31.9 Å². The molecule has 12 heteroatoms. The van der Waals surface area contributed by atoms with E-state index in [0.717, 1.165) is 12.6 Å². The molecule has 0 spiro atoms. The molecule has 166 valence electrons. The number of hydrogen-bond donors (Lipinski definition) is 2. The Morgan fingerprint density at radius 3 is 2.90 bits per heavy atom. The average Bonchev–Trinajstić information content (AvgIpc) is 3.33. The van der Waals surface area contributed by atoms with Gasteiger partial charge in [0.2, 0.25) is 5.91 Å². The van der Waals surface area contributed by atoms with Gasteiger partial charge in [0.1, 0.15) is 24.2 Å². The summed E-state index contributed by atoms with van der Waals surface area (Å²) in [5, 5.41) is 14.0. The molecule has 1 unspecified atom stereocenters. The van der Waals surface area contributed by atoms with E-state index in [2.05, 4.69) is 20.3 Å². The Balaban J connectivity index is 1.62. The van der Waals surface area contributed by atoms with Crippen molar-refractivity contribution < 1.29 is 23.1 Å². The van der Waals surface area contributed by atoms with Crippen LogP contribution in [0.1, 0.15) is 30.1 Å². The Morgan fingerprint density at radius 1 is 1.39 bits per heavy atom. The van der Waals surface area contributed by atoms with Crippen molar-refractivity contribution in [1.82, 2.24) is 19.9 Å². The largest absolute Gasteiger partial charge is 0.503 e. The first-order valence-corrected chi connectivity index (χ1v) is 10.1. The van der Waals surface area contributed by atoms with Gasteiger partial charge in [-0.05, 0) is 18.9 Å². The number of halogens is 4. The molecule has 0 bridgehead atoms. The van der Waals surface area contributed by atoms with Crippen molar-refractivity contribution in [2.75, 3.05) is 36.9 Å². The highest BCUT2D eigenvalue weighted by Crippen LogP contribution is 2.38. The maximum Gasteiger partial charge on any atom is 0.406 e. The molecule has 2 aromatic rings. The fourth-order valence-corrected chi connectivity index (χ4v) is 4.21. The monoisotopic (exact) mass is 456 g/mol. The molecule has 4 heterocycles.